The van der Waals surface area contributed by atoms with Crippen molar-refractivity contribution in [3.05, 3.63) is 64.4 Å². The summed E-state index contributed by atoms with van der Waals surface area (Å²) in [6.45, 7) is 4.33. The predicted molar refractivity (Wildman–Crippen MR) is 109 cm³/mol. The number of benzene rings is 2. The number of thioether (sulfide) groups is 1. The average molecular weight is 382 g/mol. The monoisotopic (exact) mass is 382 g/mol. The van der Waals surface area contributed by atoms with E-state index in [0.29, 0.717) is 22.0 Å². The highest BCUT2D eigenvalue weighted by Crippen LogP contribution is 2.24. The zero-order valence-corrected chi connectivity index (χ0v) is 16.5. The lowest BCUT2D eigenvalue weighted by Gasteiger charge is -2.14. The highest BCUT2D eigenvalue weighted by molar-refractivity contribution is 7.99. The number of esters is 1. The van der Waals surface area contributed by atoms with E-state index in [0.717, 1.165) is 12.1 Å². The van der Waals surface area contributed by atoms with E-state index in [4.69, 9.17) is 4.74 Å². The molecule has 0 spiro atoms. The second-order valence-corrected chi connectivity index (χ2v) is 7.26. The quantitative estimate of drug-likeness (QED) is 0.364. The third-order valence-electron chi connectivity index (χ3n) is 4.62. The summed E-state index contributed by atoms with van der Waals surface area (Å²) in [4.78, 5) is 29.3. The van der Waals surface area contributed by atoms with Crippen molar-refractivity contribution in [3.8, 4) is 5.69 Å². The van der Waals surface area contributed by atoms with Gasteiger partial charge in [-0.15, -0.1) is 0 Å². The van der Waals surface area contributed by atoms with Gasteiger partial charge in [0.1, 0.15) is 0 Å². The van der Waals surface area contributed by atoms with Gasteiger partial charge in [0, 0.05) is 0 Å². The first-order valence-electron chi connectivity index (χ1n) is 8.87. The maximum atomic E-state index is 13.1. The Bertz CT molecular complexity index is 1010. The second-order valence-electron chi connectivity index (χ2n) is 6.32. The molecule has 3 aromatic rings. The Morgan fingerprint density at radius 1 is 1.19 bits per heavy atom. The van der Waals surface area contributed by atoms with Crippen molar-refractivity contribution in [2.75, 3.05) is 12.9 Å². The van der Waals surface area contributed by atoms with Gasteiger partial charge in [-0.25, -0.2) is 4.98 Å². The minimum Gasteiger partial charge on any atom is -0.468 e. The van der Waals surface area contributed by atoms with Gasteiger partial charge in [-0.1, -0.05) is 49.9 Å². The van der Waals surface area contributed by atoms with Crippen LogP contribution in [0.5, 0.6) is 0 Å². The predicted octanol–water partition coefficient (Wildman–Crippen LogP) is 4.16. The number of methoxy groups -OCH3 is 1. The summed E-state index contributed by atoms with van der Waals surface area (Å²) in [6, 6.07) is 15.2. The maximum Gasteiger partial charge on any atom is 0.316 e. The zero-order chi connectivity index (χ0) is 19.4. The smallest absolute Gasteiger partial charge is 0.316 e. The normalized spacial score (nSPS) is 12.1. The highest BCUT2D eigenvalue weighted by atomic mass is 32.2. The summed E-state index contributed by atoms with van der Waals surface area (Å²) in [5.41, 5.74) is 2.43. The molecule has 27 heavy (non-hydrogen) atoms. The molecule has 0 bridgehead atoms. The molecule has 2 aromatic carbocycles. The van der Waals surface area contributed by atoms with Crippen molar-refractivity contribution in [2.24, 2.45) is 0 Å². The van der Waals surface area contributed by atoms with E-state index in [9.17, 15) is 9.59 Å². The van der Waals surface area contributed by atoms with Crippen LogP contribution in [0.2, 0.25) is 0 Å². The molecule has 0 saturated heterocycles. The Morgan fingerprint density at radius 2 is 1.89 bits per heavy atom. The molecule has 0 saturated carbocycles. The van der Waals surface area contributed by atoms with Gasteiger partial charge in [-0.05, 0) is 42.2 Å². The van der Waals surface area contributed by atoms with Crippen LogP contribution in [0.15, 0.2) is 58.5 Å². The lowest BCUT2D eigenvalue weighted by atomic mass is 9.98. The Labute approximate surface area is 162 Å². The zero-order valence-electron chi connectivity index (χ0n) is 15.6. The van der Waals surface area contributed by atoms with Crippen LogP contribution in [0, 0.1) is 0 Å². The van der Waals surface area contributed by atoms with Crippen LogP contribution < -0.4 is 5.56 Å². The molecule has 0 N–H and O–H groups in total. The molecule has 1 heterocycles. The molecule has 0 radical (unpaired) electrons. The number of rotatable bonds is 6. The van der Waals surface area contributed by atoms with Crippen molar-refractivity contribution in [1.29, 1.82) is 0 Å². The van der Waals surface area contributed by atoms with Gasteiger partial charge in [0.2, 0.25) is 0 Å². The van der Waals surface area contributed by atoms with Crippen LogP contribution in [0.25, 0.3) is 16.6 Å². The first-order chi connectivity index (χ1) is 13.0. The fourth-order valence-electron chi connectivity index (χ4n) is 2.81. The third kappa shape index (κ3) is 4.06. The number of carbonyl (C=O) groups excluding carboxylic acids is 1. The molecule has 0 amide bonds. The number of carbonyl (C=O) groups is 1. The van der Waals surface area contributed by atoms with Gasteiger partial charge in [0.15, 0.2) is 5.16 Å². The summed E-state index contributed by atoms with van der Waals surface area (Å²) in [5.74, 6) is 0.187. The highest BCUT2D eigenvalue weighted by Gasteiger charge is 2.15. The number of ether oxygens (including phenoxy) is 1. The number of hydrogen-bond acceptors (Lipinski definition) is 5. The van der Waals surface area contributed by atoms with Gasteiger partial charge in [-0.3, -0.25) is 14.2 Å². The largest absolute Gasteiger partial charge is 0.468 e. The van der Waals surface area contributed by atoms with E-state index >= 15 is 0 Å². The SMILES string of the molecule is CC[C@@H](C)c1ccc(-n2c(SCC(=O)OC)nc3ccccc3c2=O)cc1. The van der Waals surface area contributed by atoms with Crippen LogP contribution >= 0.6 is 11.8 Å². The standard InChI is InChI=1S/C21H22N2O3S/c1-4-14(2)15-9-11-16(12-10-15)23-20(25)17-7-5-6-8-18(17)22-21(23)27-13-19(24)26-3/h5-12,14H,4,13H2,1-3H3/t14-/m1/s1. The molecule has 6 heteroatoms. The molecule has 1 aromatic heterocycles. The molecule has 0 aliphatic carbocycles. The van der Waals surface area contributed by atoms with Crippen LogP contribution in [-0.4, -0.2) is 28.4 Å². The lowest BCUT2D eigenvalue weighted by Crippen LogP contribution is -2.22. The van der Waals surface area contributed by atoms with E-state index in [2.05, 4.69) is 18.8 Å². The Morgan fingerprint density at radius 3 is 2.56 bits per heavy atom. The molecular formula is C21H22N2O3S. The first-order valence-corrected chi connectivity index (χ1v) is 9.85. The minimum absolute atomic E-state index is 0.0895. The topological polar surface area (TPSA) is 61.2 Å². The number of hydrogen-bond donors (Lipinski definition) is 0. The van der Waals surface area contributed by atoms with Crippen LogP contribution in [0.4, 0.5) is 0 Å². The van der Waals surface area contributed by atoms with Gasteiger partial charge < -0.3 is 4.74 Å². The fraction of sp³-hybridized carbons (Fsp3) is 0.286. The average Bonchev–Trinajstić information content (AvgIpc) is 2.71. The van der Waals surface area contributed by atoms with Crippen LogP contribution in [-0.2, 0) is 9.53 Å². The fourth-order valence-corrected chi connectivity index (χ4v) is 3.65. The van der Waals surface area contributed by atoms with E-state index in [1.807, 2.05) is 36.4 Å². The Balaban J connectivity index is 2.12. The van der Waals surface area contributed by atoms with E-state index < -0.39 is 0 Å². The van der Waals surface area contributed by atoms with E-state index in [1.54, 1.807) is 16.7 Å². The summed E-state index contributed by atoms with van der Waals surface area (Å²) in [7, 11) is 1.34. The molecule has 0 aliphatic rings. The van der Waals surface area contributed by atoms with Crippen LogP contribution in [0.3, 0.4) is 0 Å². The van der Waals surface area contributed by atoms with Gasteiger partial charge in [0.25, 0.3) is 5.56 Å². The molecule has 0 fully saturated rings. The molecular weight excluding hydrogens is 360 g/mol. The minimum atomic E-state index is -0.360. The van der Waals surface area contributed by atoms with E-state index in [-0.39, 0.29) is 17.3 Å². The maximum absolute atomic E-state index is 13.1. The Hall–Kier alpha value is -2.60. The Kier molecular flexibility index (Phi) is 5.96. The third-order valence-corrected chi connectivity index (χ3v) is 5.54. The number of fused-ring (bicyclic) bond motifs is 1. The summed E-state index contributed by atoms with van der Waals surface area (Å²) in [6.07, 6.45) is 1.05. The molecule has 5 nitrogen and oxygen atoms in total. The van der Waals surface area contributed by atoms with Crippen molar-refractivity contribution < 1.29 is 9.53 Å². The van der Waals surface area contributed by atoms with Gasteiger partial charge in [0.05, 0.1) is 29.5 Å². The molecule has 0 unspecified atom stereocenters. The van der Waals surface area contributed by atoms with Crippen molar-refractivity contribution >= 4 is 28.6 Å². The first kappa shape index (κ1) is 19.2. The molecule has 1 atom stereocenters. The van der Waals surface area contributed by atoms with Gasteiger partial charge in [-0.2, -0.15) is 0 Å². The van der Waals surface area contributed by atoms with Gasteiger partial charge >= 0.3 is 5.97 Å². The van der Waals surface area contributed by atoms with Crippen molar-refractivity contribution in [3.63, 3.8) is 0 Å². The molecule has 140 valence electrons. The van der Waals surface area contributed by atoms with Crippen LogP contribution in [0.1, 0.15) is 31.7 Å². The molecule has 0 aliphatic heterocycles. The summed E-state index contributed by atoms with van der Waals surface area (Å²) >= 11 is 1.20. The number of aromatic nitrogens is 2. The number of para-hydroxylation sites is 1. The summed E-state index contributed by atoms with van der Waals surface area (Å²) in [5, 5.41) is 1.02. The van der Waals surface area contributed by atoms with Crippen molar-refractivity contribution in [1.82, 2.24) is 9.55 Å². The molecule has 3 rings (SSSR count). The number of nitrogens with zero attached hydrogens (tertiary/aromatic N) is 2. The van der Waals surface area contributed by atoms with E-state index in [1.165, 1.54) is 24.4 Å². The van der Waals surface area contributed by atoms with Crippen molar-refractivity contribution in [2.45, 2.75) is 31.3 Å². The second kappa shape index (κ2) is 8.39. The lowest BCUT2D eigenvalue weighted by molar-refractivity contribution is -0.137. The summed E-state index contributed by atoms with van der Waals surface area (Å²) < 4.78 is 6.28.